The van der Waals surface area contributed by atoms with Gasteiger partial charge in [-0.25, -0.2) is 0 Å². The number of hydrogen-bond donors (Lipinski definition) is 2. The second-order valence-corrected chi connectivity index (χ2v) is 4.48. The summed E-state index contributed by atoms with van der Waals surface area (Å²) in [6.45, 7) is -0.363. The van der Waals surface area contributed by atoms with Crippen LogP contribution in [0.1, 0.15) is 5.56 Å². The van der Waals surface area contributed by atoms with Crippen LogP contribution in [0.5, 0.6) is 0 Å². The molecule has 0 aliphatic rings. The number of primary amides is 2. The molecule has 4 N–H and O–H groups in total. The van der Waals surface area contributed by atoms with Crippen LogP contribution in [0.2, 0.25) is 0 Å². The number of rotatable bonds is 5. The number of carbonyl (C=O) groups excluding carboxylic acids is 2. The maximum Gasteiger partial charge on any atom is 0.236 e. The van der Waals surface area contributed by atoms with Gasteiger partial charge in [-0.05, 0) is 18.2 Å². The van der Waals surface area contributed by atoms with Crippen LogP contribution in [0.25, 0.3) is 0 Å². The molecule has 6 nitrogen and oxygen atoms in total. The Morgan fingerprint density at radius 1 is 1.28 bits per heavy atom. The normalized spacial score (nSPS) is 9.56. The average molecular weight is 311 g/mol. The largest absolute Gasteiger partial charge is 0.368 e. The van der Waals surface area contributed by atoms with Crippen LogP contribution in [0.15, 0.2) is 22.7 Å². The van der Waals surface area contributed by atoms with E-state index in [1.165, 1.54) is 4.90 Å². The average Bonchev–Trinajstić information content (AvgIpc) is 2.26. The van der Waals surface area contributed by atoms with E-state index in [1.807, 2.05) is 6.07 Å². The predicted octanol–water partition coefficient (Wildman–Crippen LogP) is 0.0978. The van der Waals surface area contributed by atoms with Crippen LogP contribution in [-0.2, 0) is 9.59 Å². The van der Waals surface area contributed by atoms with Crippen molar-refractivity contribution < 1.29 is 9.59 Å². The minimum atomic E-state index is -0.608. The first-order chi connectivity index (χ1) is 8.43. The van der Waals surface area contributed by atoms with E-state index in [2.05, 4.69) is 15.9 Å². The summed E-state index contributed by atoms with van der Waals surface area (Å²) in [5.41, 5.74) is 11.0. The van der Waals surface area contributed by atoms with E-state index < -0.39 is 11.8 Å². The van der Waals surface area contributed by atoms with Crippen molar-refractivity contribution in [3.8, 4) is 6.07 Å². The van der Waals surface area contributed by atoms with Gasteiger partial charge in [-0.3, -0.25) is 9.59 Å². The van der Waals surface area contributed by atoms with Gasteiger partial charge in [0.05, 0.1) is 24.3 Å². The Morgan fingerprint density at radius 3 is 2.28 bits per heavy atom. The first-order valence-corrected chi connectivity index (χ1v) is 5.74. The number of hydrogen-bond acceptors (Lipinski definition) is 4. The smallest absolute Gasteiger partial charge is 0.236 e. The standard InChI is InChI=1S/C11H11BrN4O2/c12-8-1-2-9(7(3-8)4-13)16(5-10(14)17)6-11(15)18/h1-3H,5-6H2,(H2,14,17)(H2,15,18). The number of nitrogens with two attached hydrogens (primary N) is 2. The van der Waals surface area contributed by atoms with E-state index in [9.17, 15) is 9.59 Å². The molecule has 18 heavy (non-hydrogen) atoms. The number of halogens is 1. The Hall–Kier alpha value is -2.07. The SMILES string of the molecule is N#Cc1cc(Br)ccc1N(CC(N)=O)CC(N)=O. The van der Waals surface area contributed by atoms with Gasteiger partial charge in [0, 0.05) is 4.47 Å². The quantitative estimate of drug-likeness (QED) is 0.802. The highest BCUT2D eigenvalue weighted by Crippen LogP contribution is 2.23. The molecule has 0 fully saturated rings. The van der Waals surface area contributed by atoms with Crippen molar-refractivity contribution in [1.29, 1.82) is 5.26 Å². The van der Waals surface area contributed by atoms with Crippen LogP contribution in [-0.4, -0.2) is 24.9 Å². The maximum atomic E-state index is 11.0. The lowest BCUT2D eigenvalue weighted by Crippen LogP contribution is -2.40. The van der Waals surface area contributed by atoms with Crippen molar-refractivity contribution in [1.82, 2.24) is 0 Å². The molecule has 1 rings (SSSR count). The number of benzene rings is 1. The maximum absolute atomic E-state index is 11.0. The Morgan fingerprint density at radius 2 is 1.83 bits per heavy atom. The summed E-state index contributed by atoms with van der Waals surface area (Å²) >= 11 is 3.24. The fourth-order valence-corrected chi connectivity index (χ4v) is 1.84. The minimum Gasteiger partial charge on any atom is -0.368 e. The minimum absolute atomic E-state index is 0.181. The van der Waals surface area contributed by atoms with E-state index >= 15 is 0 Å². The molecule has 0 saturated carbocycles. The van der Waals surface area contributed by atoms with Crippen molar-refractivity contribution in [3.05, 3.63) is 28.2 Å². The van der Waals surface area contributed by atoms with Crippen LogP contribution in [0, 0.1) is 11.3 Å². The molecule has 1 aromatic rings. The van der Waals surface area contributed by atoms with Gasteiger partial charge in [-0.2, -0.15) is 5.26 Å². The van der Waals surface area contributed by atoms with Crippen LogP contribution < -0.4 is 16.4 Å². The molecule has 7 heteroatoms. The van der Waals surface area contributed by atoms with E-state index in [-0.39, 0.29) is 13.1 Å². The lowest BCUT2D eigenvalue weighted by atomic mass is 10.1. The fourth-order valence-electron chi connectivity index (χ4n) is 1.48. The first-order valence-electron chi connectivity index (χ1n) is 4.95. The lowest BCUT2D eigenvalue weighted by Gasteiger charge is -2.22. The van der Waals surface area contributed by atoms with Crippen molar-refractivity contribution in [2.24, 2.45) is 11.5 Å². The highest BCUT2D eigenvalue weighted by atomic mass is 79.9. The van der Waals surface area contributed by atoms with Crippen molar-refractivity contribution >= 4 is 33.4 Å². The second-order valence-electron chi connectivity index (χ2n) is 3.56. The van der Waals surface area contributed by atoms with Crippen LogP contribution in [0.3, 0.4) is 0 Å². The molecule has 0 atom stereocenters. The summed E-state index contributed by atoms with van der Waals surface area (Å²) in [6, 6.07) is 6.89. The van der Waals surface area contributed by atoms with Crippen LogP contribution >= 0.6 is 15.9 Å². The van der Waals surface area contributed by atoms with Gasteiger partial charge in [0.1, 0.15) is 6.07 Å². The van der Waals surface area contributed by atoms with Gasteiger partial charge in [0.15, 0.2) is 0 Å². The van der Waals surface area contributed by atoms with Gasteiger partial charge >= 0.3 is 0 Å². The molecule has 0 heterocycles. The Bertz CT molecular complexity index is 508. The summed E-state index contributed by atoms with van der Waals surface area (Å²) in [5, 5.41) is 9.03. The summed E-state index contributed by atoms with van der Waals surface area (Å²) in [6.07, 6.45) is 0. The highest BCUT2D eigenvalue weighted by molar-refractivity contribution is 9.10. The molecule has 0 unspecified atom stereocenters. The highest BCUT2D eigenvalue weighted by Gasteiger charge is 2.15. The number of amides is 2. The molecule has 0 aromatic heterocycles. The number of anilines is 1. The van der Waals surface area contributed by atoms with E-state index in [0.717, 1.165) is 4.47 Å². The molecule has 0 saturated heterocycles. The van der Waals surface area contributed by atoms with E-state index in [0.29, 0.717) is 11.3 Å². The van der Waals surface area contributed by atoms with E-state index in [1.54, 1.807) is 18.2 Å². The third-order valence-electron chi connectivity index (χ3n) is 2.11. The Balaban J connectivity index is 3.15. The monoisotopic (exact) mass is 310 g/mol. The molecular formula is C11H11BrN4O2. The van der Waals surface area contributed by atoms with Gasteiger partial charge in [0.2, 0.25) is 11.8 Å². The number of nitriles is 1. The first kappa shape index (κ1) is 14.0. The third kappa shape index (κ3) is 3.75. The number of carbonyl (C=O) groups is 2. The zero-order valence-electron chi connectivity index (χ0n) is 9.39. The van der Waals surface area contributed by atoms with E-state index in [4.69, 9.17) is 16.7 Å². The van der Waals surface area contributed by atoms with Gasteiger partial charge in [-0.1, -0.05) is 15.9 Å². The Labute approximate surface area is 112 Å². The molecular weight excluding hydrogens is 300 g/mol. The molecule has 0 radical (unpaired) electrons. The summed E-state index contributed by atoms with van der Waals surface area (Å²) in [5.74, 6) is -1.22. The molecule has 0 aliphatic carbocycles. The molecule has 2 amide bonds. The van der Waals surface area contributed by atoms with Crippen molar-refractivity contribution in [2.75, 3.05) is 18.0 Å². The zero-order chi connectivity index (χ0) is 13.7. The zero-order valence-corrected chi connectivity index (χ0v) is 11.0. The van der Waals surface area contributed by atoms with Crippen molar-refractivity contribution in [2.45, 2.75) is 0 Å². The lowest BCUT2D eigenvalue weighted by molar-refractivity contribution is -0.117. The van der Waals surface area contributed by atoms with Gasteiger partial charge in [-0.15, -0.1) is 0 Å². The third-order valence-corrected chi connectivity index (χ3v) is 2.61. The molecule has 0 aliphatic heterocycles. The van der Waals surface area contributed by atoms with Crippen LogP contribution in [0.4, 0.5) is 5.69 Å². The topological polar surface area (TPSA) is 113 Å². The summed E-state index contributed by atoms with van der Waals surface area (Å²) in [4.78, 5) is 23.3. The summed E-state index contributed by atoms with van der Waals surface area (Å²) < 4.78 is 0.723. The van der Waals surface area contributed by atoms with Gasteiger partial charge < -0.3 is 16.4 Å². The van der Waals surface area contributed by atoms with Crippen molar-refractivity contribution in [3.63, 3.8) is 0 Å². The Kier molecular flexibility index (Phi) is 4.68. The molecule has 94 valence electrons. The fraction of sp³-hybridized carbons (Fsp3) is 0.182. The summed E-state index contributed by atoms with van der Waals surface area (Å²) in [7, 11) is 0. The number of nitrogens with zero attached hydrogens (tertiary/aromatic N) is 2. The molecule has 0 spiro atoms. The van der Waals surface area contributed by atoms with Gasteiger partial charge in [0.25, 0.3) is 0 Å². The second kappa shape index (κ2) is 6.02. The molecule has 0 bridgehead atoms. The predicted molar refractivity (Wildman–Crippen MR) is 69.5 cm³/mol. The molecule has 1 aromatic carbocycles.